The van der Waals surface area contributed by atoms with E-state index in [1.54, 1.807) is 14.2 Å². The van der Waals surface area contributed by atoms with Crippen LogP contribution >= 0.6 is 23.8 Å². The van der Waals surface area contributed by atoms with Gasteiger partial charge in [-0.25, -0.2) is 0 Å². The Hall–Kier alpha value is -3.55. The molecule has 1 aliphatic heterocycles. The average Bonchev–Trinajstić information content (AvgIpc) is 3.35. The van der Waals surface area contributed by atoms with E-state index in [1.807, 2.05) is 60.8 Å². The van der Waals surface area contributed by atoms with Crippen LogP contribution in [0.5, 0.6) is 11.5 Å². The van der Waals surface area contributed by atoms with Crippen molar-refractivity contribution in [2.45, 2.75) is 32.9 Å². The number of methoxy groups -OCH3 is 2. The molecule has 0 bridgehead atoms. The summed E-state index contributed by atoms with van der Waals surface area (Å²) in [6, 6.07) is 19.3. The summed E-state index contributed by atoms with van der Waals surface area (Å²) < 4.78 is 13.6. The number of nitrogens with zero attached hydrogens (tertiary/aromatic N) is 3. The number of thiocarbonyl (C=S) groups is 1. The predicted octanol–water partition coefficient (Wildman–Crippen LogP) is 6.65. The standard InChI is InChI=1S/C29H29ClN4O2S/c1-17-18(2)33(21-10-8-9-20(30)15-21)19(3)26(17)28-27(23-11-6-7-14-31-23)32-29(37)34(28)24-16-22(35-4)12-13-25(24)36-5/h6-16,27-28H,1-5H3,(H,32,37)/t27-,28+/m0/s1. The summed E-state index contributed by atoms with van der Waals surface area (Å²) in [6.45, 7) is 6.45. The number of hydrogen-bond acceptors (Lipinski definition) is 4. The van der Waals surface area contributed by atoms with Crippen LogP contribution in [-0.4, -0.2) is 28.9 Å². The Balaban J connectivity index is 1.76. The zero-order valence-corrected chi connectivity index (χ0v) is 23.0. The largest absolute Gasteiger partial charge is 0.497 e. The van der Waals surface area contributed by atoms with E-state index in [2.05, 4.69) is 41.6 Å². The quantitative estimate of drug-likeness (QED) is 0.281. The van der Waals surface area contributed by atoms with Crippen molar-refractivity contribution in [3.63, 3.8) is 0 Å². The molecule has 5 rings (SSSR count). The molecule has 1 N–H and O–H groups in total. The smallest absolute Gasteiger partial charge is 0.174 e. The number of halogens is 1. The lowest BCUT2D eigenvalue weighted by molar-refractivity contribution is 0.403. The molecule has 1 saturated heterocycles. The lowest BCUT2D eigenvalue weighted by Gasteiger charge is -2.30. The van der Waals surface area contributed by atoms with Gasteiger partial charge < -0.3 is 24.3 Å². The van der Waals surface area contributed by atoms with E-state index in [9.17, 15) is 0 Å². The van der Waals surface area contributed by atoms with Gasteiger partial charge in [0.1, 0.15) is 11.5 Å². The molecule has 0 amide bonds. The minimum Gasteiger partial charge on any atom is -0.497 e. The molecule has 190 valence electrons. The zero-order chi connectivity index (χ0) is 26.3. The molecule has 1 fully saturated rings. The molecule has 0 aliphatic carbocycles. The first-order valence-corrected chi connectivity index (χ1v) is 12.8. The highest BCUT2D eigenvalue weighted by atomic mass is 35.5. The molecule has 0 radical (unpaired) electrons. The second-order valence-electron chi connectivity index (χ2n) is 9.06. The van der Waals surface area contributed by atoms with E-state index in [0.29, 0.717) is 15.9 Å². The molecular weight excluding hydrogens is 504 g/mol. The third-order valence-corrected chi connectivity index (χ3v) is 7.66. The minimum atomic E-state index is -0.192. The number of nitrogens with one attached hydrogen (secondary N) is 1. The van der Waals surface area contributed by atoms with Crippen LogP contribution in [0, 0.1) is 20.8 Å². The number of anilines is 1. The fourth-order valence-electron chi connectivity index (χ4n) is 5.34. The second-order valence-corrected chi connectivity index (χ2v) is 9.88. The van der Waals surface area contributed by atoms with Gasteiger partial charge in [-0.05, 0) is 81.0 Å². The molecule has 0 spiro atoms. The number of hydrogen-bond donors (Lipinski definition) is 1. The monoisotopic (exact) mass is 532 g/mol. The number of ether oxygens (including phenoxy) is 2. The van der Waals surface area contributed by atoms with E-state index in [4.69, 9.17) is 38.3 Å². The van der Waals surface area contributed by atoms with Gasteiger partial charge in [0, 0.05) is 39.9 Å². The molecule has 8 heteroatoms. The fraction of sp³-hybridized carbons (Fsp3) is 0.241. The topological polar surface area (TPSA) is 51.6 Å². The van der Waals surface area contributed by atoms with Crippen molar-refractivity contribution >= 4 is 34.6 Å². The third kappa shape index (κ3) is 4.32. The third-order valence-electron chi connectivity index (χ3n) is 7.11. The van der Waals surface area contributed by atoms with Gasteiger partial charge in [0.05, 0.1) is 37.7 Å². The van der Waals surface area contributed by atoms with Crippen LogP contribution in [-0.2, 0) is 0 Å². The lowest BCUT2D eigenvalue weighted by Crippen LogP contribution is -2.30. The van der Waals surface area contributed by atoms with Crippen LogP contribution in [0.15, 0.2) is 66.9 Å². The van der Waals surface area contributed by atoms with Crippen LogP contribution in [0.1, 0.15) is 40.3 Å². The van der Waals surface area contributed by atoms with E-state index in [-0.39, 0.29) is 12.1 Å². The van der Waals surface area contributed by atoms with Crippen LogP contribution in [0.25, 0.3) is 5.69 Å². The first-order chi connectivity index (χ1) is 17.8. The molecule has 2 aromatic carbocycles. The van der Waals surface area contributed by atoms with E-state index < -0.39 is 0 Å². The zero-order valence-electron chi connectivity index (χ0n) is 21.4. The number of aromatic nitrogens is 2. The molecular formula is C29H29ClN4O2S. The van der Waals surface area contributed by atoms with Crippen LogP contribution in [0.2, 0.25) is 5.02 Å². The average molecular weight is 533 g/mol. The van der Waals surface area contributed by atoms with Gasteiger partial charge >= 0.3 is 0 Å². The molecule has 0 unspecified atom stereocenters. The predicted molar refractivity (Wildman–Crippen MR) is 152 cm³/mol. The summed E-state index contributed by atoms with van der Waals surface area (Å²) in [7, 11) is 3.32. The molecule has 2 aromatic heterocycles. The van der Waals surface area contributed by atoms with Crippen molar-refractivity contribution in [1.29, 1.82) is 0 Å². The molecule has 2 atom stereocenters. The van der Waals surface area contributed by atoms with Crippen LogP contribution in [0.4, 0.5) is 5.69 Å². The van der Waals surface area contributed by atoms with Gasteiger partial charge in [-0.1, -0.05) is 23.7 Å². The Bertz CT molecular complexity index is 1470. The summed E-state index contributed by atoms with van der Waals surface area (Å²) in [6.07, 6.45) is 1.81. The maximum absolute atomic E-state index is 6.38. The molecule has 0 saturated carbocycles. The van der Waals surface area contributed by atoms with Crippen molar-refractivity contribution in [3.05, 3.63) is 100 Å². The Morgan fingerprint density at radius 2 is 1.76 bits per heavy atom. The molecule has 37 heavy (non-hydrogen) atoms. The summed E-state index contributed by atoms with van der Waals surface area (Å²) >= 11 is 12.3. The molecule has 4 aromatic rings. The van der Waals surface area contributed by atoms with Crippen molar-refractivity contribution in [1.82, 2.24) is 14.9 Å². The molecule has 3 heterocycles. The van der Waals surface area contributed by atoms with E-state index >= 15 is 0 Å². The van der Waals surface area contributed by atoms with Gasteiger partial charge in [-0.15, -0.1) is 0 Å². The highest BCUT2D eigenvalue weighted by Gasteiger charge is 2.44. The van der Waals surface area contributed by atoms with Crippen molar-refractivity contribution in [3.8, 4) is 17.2 Å². The Labute approximate surface area is 227 Å². The van der Waals surface area contributed by atoms with Crippen molar-refractivity contribution in [2.24, 2.45) is 0 Å². The second kappa shape index (κ2) is 10.1. The Morgan fingerprint density at radius 1 is 0.946 bits per heavy atom. The minimum absolute atomic E-state index is 0.184. The van der Waals surface area contributed by atoms with E-state index in [1.165, 1.54) is 11.1 Å². The number of benzene rings is 2. The maximum Gasteiger partial charge on any atom is 0.174 e. The first kappa shape index (κ1) is 25.1. The number of pyridine rings is 1. The van der Waals surface area contributed by atoms with Gasteiger partial charge in [0.15, 0.2) is 5.11 Å². The van der Waals surface area contributed by atoms with E-state index in [0.717, 1.165) is 34.2 Å². The van der Waals surface area contributed by atoms with Gasteiger partial charge in [0.25, 0.3) is 0 Å². The highest BCUT2D eigenvalue weighted by molar-refractivity contribution is 7.80. The lowest BCUT2D eigenvalue weighted by atomic mass is 9.93. The van der Waals surface area contributed by atoms with Gasteiger partial charge in [-0.2, -0.15) is 0 Å². The SMILES string of the molecule is COc1ccc(OC)c(N2C(=S)N[C@@H](c3ccccn3)[C@H]2c2c(C)c(C)n(-c3cccc(Cl)c3)c2C)c1. The van der Waals surface area contributed by atoms with Crippen molar-refractivity contribution in [2.75, 3.05) is 19.1 Å². The first-order valence-electron chi connectivity index (χ1n) is 12.0. The van der Waals surface area contributed by atoms with Gasteiger partial charge in [0.2, 0.25) is 0 Å². The normalized spacial score (nSPS) is 17.1. The molecule has 6 nitrogen and oxygen atoms in total. The summed E-state index contributed by atoms with van der Waals surface area (Å²) in [5.41, 5.74) is 7.37. The van der Waals surface area contributed by atoms with Crippen LogP contribution in [0.3, 0.4) is 0 Å². The summed E-state index contributed by atoms with van der Waals surface area (Å²) in [5.74, 6) is 1.43. The summed E-state index contributed by atoms with van der Waals surface area (Å²) in [4.78, 5) is 6.84. The van der Waals surface area contributed by atoms with Crippen LogP contribution < -0.4 is 19.7 Å². The summed E-state index contributed by atoms with van der Waals surface area (Å²) in [5, 5.41) is 4.85. The fourth-order valence-corrected chi connectivity index (χ4v) is 5.86. The van der Waals surface area contributed by atoms with Gasteiger partial charge in [-0.3, -0.25) is 4.98 Å². The number of rotatable bonds is 6. The highest BCUT2D eigenvalue weighted by Crippen LogP contribution is 2.48. The molecule has 1 aliphatic rings. The maximum atomic E-state index is 6.38. The van der Waals surface area contributed by atoms with Crippen molar-refractivity contribution < 1.29 is 9.47 Å². The Kier molecular flexibility index (Phi) is 6.84. The Morgan fingerprint density at radius 3 is 2.43 bits per heavy atom.